The third kappa shape index (κ3) is 2.51. The molecule has 0 aliphatic heterocycles. The highest BCUT2D eigenvalue weighted by Gasteiger charge is 2.04. The largest absolute Gasteiger partial charge is 0.494 e. The fraction of sp³-hybridized carbons (Fsp3) is 0.125. The second-order valence-electron chi connectivity index (χ2n) is 4.37. The maximum Gasteiger partial charge on any atom is 0.119 e. The van der Waals surface area contributed by atoms with Gasteiger partial charge in [-0.25, -0.2) is 0 Å². The molecule has 1 heterocycles. The second kappa shape index (κ2) is 5.10. The standard InChI is InChI=1S/C16H14BrNO/c1-2-19-14-7-4-11(5-8-14)15-9-12-3-6-13(17)10-16(12)18-15/h3-10,18H,2H2,1H3. The second-order valence-corrected chi connectivity index (χ2v) is 5.29. The fourth-order valence-corrected chi connectivity index (χ4v) is 2.51. The van der Waals surface area contributed by atoms with Crippen LogP contribution in [0.2, 0.25) is 0 Å². The zero-order chi connectivity index (χ0) is 13.2. The maximum atomic E-state index is 5.45. The lowest BCUT2D eigenvalue weighted by Crippen LogP contribution is -1.90. The van der Waals surface area contributed by atoms with E-state index < -0.39 is 0 Å². The van der Waals surface area contributed by atoms with Gasteiger partial charge in [0.25, 0.3) is 0 Å². The van der Waals surface area contributed by atoms with Gasteiger partial charge < -0.3 is 9.72 Å². The third-order valence-corrected chi connectivity index (χ3v) is 3.55. The van der Waals surface area contributed by atoms with Crippen molar-refractivity contribution in [1.29, 1.82) is 0 Å². The van der Waals surface area contributed by atoms with E-state index in [9.17, 15) is 0 Å². The summed E-state index contributed by atoms with van der Waals surface area (Å²) in [5, 5.41) is 1.21. The number of halogens is 1. The molecule has 0 radical (unpaired) electrons. The van der Waals surface area contributed by atoms with Gasteiger partial charge in [-0.15, -0.1) is 0 Å². The van der Waals surface area contributed by atoms with Crippen molar-refractivity contribution in [2.75, 3.05) is 6.61 Å². The summed E-state index contributed by atoms with van der Waals surface area (Å²) < 4.78 is 6.54. The molecule has 0 unspecified atom stereocenters. The molecule has 1 N–H and O–H groups in total. The first-order valence-electron chi connectivity index (χ1n) is 6.28. The van der Waals surface area contributed by atoms with E-state index in [2.05, 4.69) is 57.3 Å². The molecule has 0 saturated carbocycles. The van der Waals surface area contributed by atoms with Gasteiger partial charge in [0.2, 0.25) is 0 Å². The Hall–Kier alpha value is -1.74. The number of hydrogen-bond acceptors (Lipinski definition) is 1. The quantitative estimate of drug-likeness (QED) is 0.723. The van der Waals surface area contributed by atoms with Crippen LogP contribution in [0, 0.1) is 0 Å². The molecule has 3 rings (SSSR count). The van der Waals surface area contributed by atoms with Gasteiger partial charge in [-0.3, -0.25) is 0 Å². The fourth-order valence-electron chi connectivity index (χ4n) is 2.15. The van der Waals surface area contributed by atoms with E-state index in [0.29, 0.717) is 6.61 Å². The Balaban J connectivity index is 1.99. The number of fused-ring (bicyclic) bond motifs is 1. The first kappa shape index (κ1) is 12.3. The van der Waals surface area contributed by atoms with Crippen LogP contribution < -0.4 is 4.74 Å². The number of hydrogen-bond donors (Lipinski definition) is 1. The molecule has 0 spiro atoms. The number of benzene rings is 2. The Kier molecular flexibility index (Phi) is 3.30. The van der Waals surface area contributed by atoms with Crippen LogP contribution in [0.25, 0.3) is 22.2 Å². The minimum Gasteiger partial charge on any atom is -0.494 e. The molecule has 2 nitrogen and oxygen atoms in total. The number of H-pyrrole nitrogens is 1. The first-order chi connectivity index (χ1) is 9.26. The van der Waals surface area contributed by atoms with E-state index in [0.717, 1.165) is 27.0 Å². The van der Waals surface area contributed by atoms with E-state index in [-0.39, 0.29) is 0 Å². The highest BCUT2D eigenvalue weighted by atomic mass is 79.9. The third-order valence-electron chi connectivity index (χ3n) is 3.06. The highest BCUT2D eigenvalue weighted by molar-refractivity contribution is 9.10. The van der Waals surface area contributed by atoms with E-state index in [1.807, 2.05) is 19.1 Å². The summed E-state index contributed by atoms with van der Waals surface area (Å²) in [6.45, 7) is 2.68. The lowest BCUT2D eigenvalue weighted by atomic mass is 10.1. The van der Waals surface area contributed by atoms with Crippen LogP contribution >= 0.6 is 15.9 Å². The molecule has 2 aromatic carbocycles. The molecule has 0 amide bonds. The van der Waals surface area contributed by atoms with E-state index in [4.69, 9.17) is 4.74 Å². The molecule has 3 heteroatoms. The smallest absolute Gasteiger partial charge is 0.119 e. The molecule has 0 aliphatic rings. The molecular formula is C16H14BrNO. The molecule has 0 fully saturated rings. The summed E-state index contributed by atoms with van der Waals surface area (Å²) in [7, 11) is 0. The number of rotatable bonds is 3. The SMILES string of the molecule is CCOc1ccc(-c2cc3ccc(Br)cc3[nH]2)cc1. The Morgan fingerprint density at radius 1 is 1.05 bits per heavy atom. The van der Waals surface area contributed by atoms with Gasteiger partial charge in [0.05, 0.1) is 6.61 Å². The van der Waals surface area contributed by atoms with Crippen molar-refractivity contribution in [3.63, 3.8) is 0 Å². The van der Waals surface area contributed by atoms with Crippen molar-refractivity contribution in [1.82, 2.24) is 4.98 Å². The average Bonchev–Trinajstić information content (AvgIpc) is 2.83. The molecule has 0 atom stereocenters. The summed E-state index contributed by atoms with van der Waals surface area (Å²) in [4.78, 5) is 3.43. The van der Waals surface area contributed by atoms with Crippen molar-refractivity contribution in [2.45, 2.75) is 6.92 Å². The maximum absolute atomic E-state index is 5.45. The number of nitrogens with one attached hydrogen (secondary N) is 1. The van der Waals surface area contributed by atoms with Crippen LogP contribution in [0.4, 0.5) is 0 Å². The van der Waals surface area contributed by atoms with Crippen molar-refractivity contribution in [3.8, 4) is 17.0 Å². The molecular weight excluding hydrogens is 302 g/mol. The van der Waals surface area contributed by atoms with Crippen LogP contribution in [0.15, 0.2) is 53.0 Å². The Bertz CT molecular complexity index is 700. The van der Waals surface area contributed by atoms with Gasteiger partial charge in [-0.05, 0) is 55.0 Å². The Morgan fingerprint density at radius 2 is 1.84 bits per heavy atom. The molecule has 0 bridgehead atoms. The van der Waals surface area contributed by atoms with Gasteiger partial charge in [0.1, 0.15) is 5.75 Å². The van der Waals surface area contributed by atoms with Crippen molar-refractivity contribution < 1.29 is 4.74 Å². The number of aromatic nitrogens is 1. The summed E-state index contributed by atoms with van der Waals surface area (Å²) >= 11 is 3.49. The molecule has 1 aromatic heterocycles. The van der Waals surface area contributed by atoms with Gasteiger partial charge in [-0.1, -0.05) is 22.0 Å². The van der Waals surface area contributed by atoms with Crippen LogP contribution in [0.3, 0.4) is 0 Å². The summed E-state index contributed by atoms with van der Waals surface area (Å²) in [5.41, 5.74) is 3.42. The van der Waals surface area contributed by atoms with Gasteiger partial charge >= 0.3 is 0 Å². The Morgan fingerprint density at radius 3 is 2.58 bits per heavy atom. The highest BCUT2D eigenvalue weighted by Crippen LogP contribution is 2.27. The van der Waals surface area contributed by atoms with Crippen LogP contribution in [-0.2, 0) is 0 Å². The summed E-state index contributed by atoms with van der Waals surface area (Å²) in [6, 6.07) is 16.6. The molecule has 0 aliphatic carbocycles. The van der Waals surface area contributed by atoms with Gasteiger partial charge in [0.15, 0.2) is 0 Å². The molecule has 3 aromatic rings. The summed E-state index contributed by atoms with van der Waals surface area (Å²) in [6.07, 6.45) is 0. The predicted octanol–water partition coefficient (Wildman–Crippen LogP) is 5.00. The van der Waals surface area contributed by atoms with Crippen molar-refractivity contribution in [2.24, 2.45) is 0 Å². The predicted molar refractivity (Wildman–Crippen MR) is 82.6 cm³/mol. The van der Waals surface area contributed by atoms with Crippen LogP contribution in [0.5, 0.6) is 5.75 Å². The minimum atomic E-state index is 0.694. The Labute approximate surface area is 120 Å². The zero-order valence-electron chi connectivity index (χ0n) is 10.6. The van der Waals surface area contributed by atoms with Crippen molar-refractivity contribution in [3.05, 3.63) is 53.0 Å². The molecule has 19 heavy (non-hydrogen) atoms. The van der Waals surface area contributed by atoms with E-state index in [1.165, 1.54) is 5.39 Å². The molecule has 96 valence electrons. The van der Waals surface area contributed by atoms with Crippen molar-refractivity contribution >= 4 is 26.8 Å². The van der Waals surface area contributed by atoms with E-state index in [1.54, 1.807) is 0 Å². The normalized spacial score (nSPS) is 10.8. The minimum absolute atomic E-state index is 0.694. The zero-order valence-corrected chi connectivity index (χ0v) is 12.2. The van der Waals surface area contributed by atoms with Gasteiger partial charge in [-0.2, -0.15) is 0 Å². The topological polar surface area (TPSA) is 25.0 Å². The molecule has 0 saturated heterocycles. The van der Waals surface area contributed by atoms with Gasteiger partial charge in [0, 0.05) is 21.1 Å². The lowest BCUT2D eigenvalue weighted by molar-refractivity contribution is 0.340. The lowest BCUT2D eigenvalue weighted by Gasteiger charge is -2.03. The van der Waals surface area contributed by atoms with Crippen LogP contribution in [0.1, 0.15) is 6.92 Å². The van der Waals surface area contributed by atoms with E-state index >= 15 is 0 Å². The first-order valence-corrected chi connectivity index (χ1v) is 7.07. The number of ether oxygens (including phenoxy) is 1. The van der Waals surface area contributed by atoms with Crippen LogP contribution in [-0.4, -0.2) is 11.6 Å². The monoisotopic (exact) mass is 315 g/mol. The summed E-state index contributed by atoms with van der Waals surface area (Å²) in [5.74, 6) is 0.908. The number of aromatic amines is 1. The average molecular weight is 316 g/mol.